The van der Waals surface area contributed by atoms with Gasteiger partial charge in [-0.1, -0.05) is 25.8 Å². The third kappa shape index (κ3) is 6.83. The Kier molecular flexibility index (Phi) is 9.67. The molecule has 0 amide bonds. The molecule has 3 aliphatic heterocycles. The molecule has 4 fully saturated rings. The van der Waals surface area contributed by atoms with Crippen LogP contribution in [0, 0.1) is 42.2 Å². The maximum absolute atomic E-state index is 17.0. The highest BCUT2D eigenvalue weighted by atomic mass is 19.4. The van der Waals surface area contributed by atoms with E-state index in [9.17, 15) is 22.7 Å². The Morgan fingerprint density at radius 1 is 1.00 bits per heavy atom. The van der Waals surface area contributed by atoms with Gasteiger partial charge in [-0.05, 0) is 82.1 Å². The van der Waals surface area contributed by atoms with E-state index < -0.39 is 23.7 Å². The summed E-state index contributed by atoms with van der Waals surface area (Å²) < 4.78 is 77.9. The number of piperidine rings is 1. The lowest BCUT2D eigenvalue weighted by Crippen LogP contribution is -2.51. The van der Waals surface area contributed by atoms with Crippen molar-refractivity contribution < 1.29 is 31.8 Å². The second-order valence-electron chi connectivity index (χ2n) is 14.5. The largest absolute Gasteiger partial charge is 0.508 e. The second kappa shape index (κ2) is 13.9. The number of phenols is 1. The molecule has 5 heterocycles. The number of nitrogens with zero attached hydrogens (tertiary/aromatic N) is 5. The van der Waals surface area contributed by atoms with Gasteiger partial charge in [-0.15, -0.1) is 6.42 Å². The molecule has 4 aliphatic rings. The molecule has 2 aromatic heterocycles. The minimum atomic E-state index is -4.17. The topological polar surface area (TPSA) is 86.6 Å². The van der Waals surface area contributed by atoms with Crippen molar-refractivity contribution in [2.24, 2.45) is 11.3 Å². The number of halogens is 5. The fourth-order valence-corrected chi connectivity index (χ4v) is 8.14. The number of aryl methyl sites for hydroxylation is 1. The number of anilines is 1. The molecule has 0 spiro atoms. The summed E-state index contributed by atoms with van der Waals surface area (Å²) in [6.07, 6.45) is 5.46. The molecule has 2 N–H and O–H groups in total. The Labute approximate surface area is 299 Å². The average Bonchev–Trinajstić information content (AvgIpc) is 3.81. The van der Waals surface area contributed by atoms with E-state index >= 15 is 4.39 Å². The van der Waals surface area contributed by atoms with Crippen molar-refractivity contribution >= 4 is 27.5 Å². The summed E-state index contributed by atoms with van der Waals surface area (Å²) in [7, 11) is 0. The van der Waals surface area contributed by atoms with Crippen LogP contribution in [0.2, 0.25) is 0 Å². The number of terminal acetylenes is 1. The summed E-state index contributed by atoms with van der Waals surface area (Å²) in [5, 5.41) is 15.3. The van der Waals surface area contributed by atoms with Gasteiger partial charge in [-0.2, -0.15) is 23.1 Å². The number of aromatic hydroxyl groups is 1. The third-order valence-electron chi connectivity index (χ3n) is 11.0. The summed E-state index contributed by atoms with van der Waals surface area (Å²) in [4.78, 5) is 18.3. The highest BCUT2D eigenvalue weighted by Crippen LogP contribution is 2.48. The molecule has 8 nitrogen and oxygen atoms in total. The number of benzene rings is 2. The molecule has 0 radical (unpaired) electrons. The minimum Gasteiger partial charge on any atom is -0.508 e. The van der Waals surface area contributed by atoms with E-state index in [1.54, 1.807) is 6.92 Å². The predicted octanol–water partition coefficient (Wildman–Crippen LogP) is 7.52. The number of aromatic nitrogens is 3. The van der Waals surface area contributed by atoms with Gasteiger partial charge in [0.1, 0.15) is 28.6 Å². The van der Waals surface area contributed by atoms with Gasteiger partial charge >= 0.3 is 12.2 Å². The van der Waals surface area contributed by atoms with Crippen LogP contribution in [0.3, 0.4) is 0 Å². The first-order chi connectivity index (χ1) is 24.9. The van der Waals surface area contributed by atoms with Crippen molar-refractivity contribution in [3.05, 3.63) is 47.2 Å². The van der Waals surface area contributed by atoms with Gasteiger partial charge in [0, 0.05) is 48.1 Å². The van der Waals surface area contributed by atoms with E-state index in [1.165, 1.54) is 24.3 Å². The summed E-state index contributed by atoms with van der Waals surface area (Å²) in [6, 6.07) is 5.94. The molecule has 3 saturated heterocycles. The first-order valence-corrected chi connectivity index (χ1v) is 18.1. The number of hydrogen-bond acceptors (Lipinski definition) is 8. The van der Waals surface area contributed by atoms with Crippen molar-refractivity contribution in [3.8, 4) is 35.4 Å². The van der Waals surface area contributed by atoms with Crippen molar-refractivity contribution in [1.29, 1.82) is 0 Å². The molecule has 2 unspecified atom stereocenters. The summed E-state index contributed by atoms with van der Waals surface area (Å²) in [5.74, 6) is 0.0103. The van der Waals surface area contributed by atoms with Crippen LogP contribution in [0.4, 0.5) is 27.8 Å². The van der Waals surface area contributed by atoms with Gasteiger partial charge in [0.05, 0.1) is 29.2 Å². The van der Waals surface area contributed by atoms with Crippen molar-refractivity contribution in [1.82, 2.24) is 25.2 Å². The zero-order valence-corrected chi connectivity index (χ0v) is 29.6. The number of alkyl halides is 3. The first-order valence-electron chi connectivity index (χ1n) is 18.1. The Balaban J connectivity index is 0.00000207. The zero-order chi connectivity index (χ0) is 36.9. The second-order valence-corrected chi connectivity index (χ2v) is 14.5. The minimum absolute atomic E-state index is 0.00740. The van der Waals surface area contributed by atoms with Gasteiger partial charge in [0.2, 0.25) is 0 Å². The molecule has 2 aromatic carbocycles. The highest BCUT2D eigenvalue weighted by molar-refractivity contribution is 6.03. The first kappa shape index (κ1) is 36.1. The molecular weight excluding hydrogens is 679 g/mol. The van der Waals surface area contributed by atoms with Crippen LogP contribution >= 0.6 is 0 Å². The molecule has 4 aromatic rings. The number of likely N-dealkylation sites (tertiary alicyclic amines) is 1. The lowest BCUT2D eigenvalue weighted by atomic mass is 9.95. The van der Waals surface area contributed by atoms with Crippen molar-refractivity contribution in [2.45, 2.75) is 77.6 Å². The van der Waals surface area contributed by atoms with Gasteiger partial charge < -0.3 is 25.0 Å². The SMILES string of the molecule is C#Cc1c(F)ccc2cc(O)cc(-c3nc(C)c4c(N5CC6CCC(C5)N6)nc(OCC5(CN6CCC(C(F)(F)F)CC6)CC5)nc4c3F)c12.CC. The molecule has 276 valence electrons. The summed E-state index contributed by atoms with van der Waals surface area (Å²) in [5.41, 5.74) is 0.0927. The molecular formula is C39H43F5N6O2. The van der Waals surface area contributed by atoms with Crippen LogP contribution in [0.25, 0.3) is 32.9 Å². The van der Waals surface area contributed by atoms with Gasteiger partial charge in [-0.3, -0.25) is 0 Å². The van der Waals surface area contributed by atoms with Crippen LogP contribution in [-0.2, 0) is 0 Å². The van der Waals surface area contributed by atoms with E-state index in [0.717, 1.165) is 25.7 Å². The number of ether oxygens (including phenoxy) is 1. The van der Waals surface area contributed by atoms with Crippen molar-refractivity contribution in [2.75, 3.05) is 44.2 Å². The fourth-order valence-electron chi connectivity index (χ4n) is 8.14. The quantitative estimate of drug-likeness (QED) is 0.150. The van der Waals surface area contributed by atoms with Crippen LogP contribution in [0.5, 0.6) is 11.8 Å². The molecule has 2 atom stereocenters. The molecule has 1 saturated carbocycles. The standard InChI is InChI=1S/C37H37F5N6O2.C2H6/c1-3-26-28(38)7-4-21-14-25(49)15-27(30(21)26)32-31(39)33-29(20(2)43-32)34(48-16-23-5-6-24(17-48)44-23)46-35(45-33)50-19-36(10-11-36)18-47-12-8-22(9-13-47)37(40,41)42;1-2/h1,4,7,14-15,22-24,44,49H,5-6,8-13,16-19H2,2H3;1-2H3. The van der Waals surface area contributed by atoms with Gasteiger partial charge in [0.25, 0.3) is 0 Å². The Morgan fingerprint density at radius 3 is 2.33 bits per heavy atom. The van der Waals surface area contributed by atoms with Gasteiger partial charge in [-0.25, -0.2) is 13.8 Å². The van der Waals surface area contributed by atoms with E-state index in [0.29, 0.717) is 55.0 Å². The van der Waals surface area contributed by atoms with Crippen LogP contribution in [0.15, 0.2) is 24.3 Å². The monoisotopic (exact) mass is 722 g/mol. The van der Waals surface area contributed by atoms with E-state index in [2.05, 4.69) is 31.0 Å². The molecule has 13 heteroatoms. The molecule has 1 aliphatic carbocycles. The van der Waals surface area contributed by atoms with Crippen LogP contribution < -0.4 is 15.0 Å². The number of pyridine rings is 1. The average molecular weight is 723 g/mol. The number of piperazine rings is 1. The number of hydrogen-bond donors (Lipinski definition) is 2. The maximum atomic E-state index is 17.0. The number of rotatable bonds is 7. The molecule has 2 bridgehead atoms. The lowest BCUT2D eigenvalue weighted by molar-refractivity contribution is -0.185. The molecule has 8 rings (SSSR count). The fraction of sp³-hybridized carbons (Fsp3) is 0.513. The van der Waals surface area contributed by atoms with E-state index in [-0.39, 0.29) is 76.4 Å². The Hall–Kier alpha value is -4.28. The van der Waals surface area contributed by atoms with E-state index in [4.69, 9.17) is 16.1 Å². The normalized spacial score (nSPS) is 21.6. The summed E-state index contributed by atoms with van der Waals surface area (Å²) in [6.45, 7) is 8.66. The third-order valence-corrected chi connectivity index (χ3v) is 11.0. The van der Waals surface area contributed by atoms with Crippen LogP contribution in [0.1, 0.15) is 63.6 Å². The van der Waals surface area contributed by atoms with Crippen LogP contribution in [-0.4, -0.2) is 82.5 Å². The smallest absolute Gasteiger partial charge is 0.391 e. The van der Waals surface area contributed by atoms with E-state index in [1.807, 2.05) is 13.8 Å². The maximum Gasteiger partial charge on any atom is 0.391 e. The number of phenolic OH excluding ortho intramolecular Hbond substituents is 1. The predicted molar refractivity (Wildman–Crippen MR) is 190 cm³/mol. The highest BCUT2D eigenvalue weighted by Gasteiger charge is 2.47. The number of fused-ring (bicyclic) bond motifs is 4. The zero-order valence-electron chi connectivity index (χ0n) is 29.6. The lowest BCUT2D eigenvalue weighted by Gasteiger charge is -2.35. The summed E-state index contributed by atoms with van der Waals surface area (Å²) >= 11 is 0. The Morgan fingerprint density at radius 2 is 1.69 bits per heavy atom. The molecule has 52 heavy (non-hydrogen) atoms. The van der Waals surface area contributed by atoms with Gasteiger partial charge in [0.15, 0.2) is 5.82 Å². The number of nitrogens with one attached hydrogen (secondary N) is 1. The van der Waals surface area contributed by atoms with Crippen molar-refractivity contribution in [3.63, 3.8) is 0 Å². The Bertz CT molecular complexity index is 2020.